The van der Waals surface area contributed by atoms with Crippen molar-refractivity contribution in [2.75, 3.05) is 18.0 Å². The van der Waals surface area contributed by atoms with E-state index in [2.05, 4.69) is 5.32 Å². The highest BCUT2D eigenvalue weighted by molar-refractivity contribution is 7.92. The molecular weight excluding hydrogens is 763 g/mol. The third-order valence-corrected chi connectivity index (χ3v) is 11.8. The van der Waals surface area contributed by atoms with E-state index in [1.165, 1.54) is 55.3 Å². The number of anilines is 1. The Labute approximate surface area is 324 Å². The Morgan fingerprint density at radius 3 is 2.28 bits per heavy atom. The molecule has 0 saturated heterocycles. The maximum absolute atomic E-state index is 14.9. The van der Waals surface area contributed by atoms with Crippen molar-refractivity contribution in [3.63, 3.8) is 0 Å². The van der Waals surface area contributed by atoms with Gasteiger partial charge < -0.3 is 15.0 Å². The summed E-state index contributed by atoms with van der Waals surface area (Å²) in [6.07, 6.45) is 4.69. The lowest BCUT2D eigenvalue weighted by molar-refractivity contribution is -0.385. The molecule has 5 rings (SSSR count). The molecule has 0 bridgehead atoms. The second-order valence-electron chi connectivity index (χ2n) is 12.8. The summed E-state index contributed by atoms with van der Waals surface area (Å²) in [7, 11) is -3.39. The van der Waals surface area contributed by atoms with Gasteiger partial charge in [0.05, 0.1) is 22.6 Å². The van der Waals surface area contributed by atoms with Crippen molar-refractivity contribution >= 4 is 68.0 Å². The smallest absolute Gasteiger partial charge is 0.273 e. The summed E-state index contributed by atoms with van der Waals surface area (Å²) in [5.74, 6) is -1.10. The highest BCUT2D eigenvalue weighted by atomic mass is 35.5. The second kappa shape index (κ2) is 17.6. The number of sulfonamides is 1. The minimum atomic E-state index is -4.72. The first-order valence-electron chi connectivity index (χ1n) is 17.0. The average molecular weight is 802 g/mol. The maximum atomic E-state index is 14.9. The van der Waals surface area contributed by atoms with Crippen molar-refractivity contribution in [2.45, 2.75) is 69.0 Å². The molecule has 0 aromatic heterocycles. The van der Waals surface area contributed by atoms with Crippen molar-refractivity contribution in [3.8, 4) is 5.75 Å². The minimum absolute atomic E-state index is 0.0653. The van der Waals surface area contributed by atoms with Crippen molar-refractivity contribution in [1.82, 2.24) is 10.2 Å². The molecule has 0 spiro atoms. The van der Waals surface area contributed by atoms with E-state index in [0.29, 0.717) is 10.6 Å². The van der Waals surface area contributed by atoms with Crippen LogP contribution in [0.25, 0.3) is 0 Å². The lowest BCUT2D eigenvalue weighted by Crippen LogP contribution is -2.55. The van der Waals surface area contributed by atoms with Gasteiger partial charge in [-0.1, -0.05) is 96.5 Å². The molecule has 1 atom stereocenters. The number of amides is 2. The molecule has 1 aliphatic carbocycles. The SMILES string of the molecule is COc1ccc(Cl)cc1N(CC(=O)N(Cc1ccc(Cl)cc1Cl)C(Cc1ccccc1)C(=O)NC1CCCCC1)S(=O)(=O)c1ccc(C)c([N+](=O)[O-])c1. The fourth-order valence-corrected chi connectivity index (χ4v) is 8.45. The zero-order chi connectivity index (χ0) is 38.3. The molecule has 0 radical (unpaired) electrons. The van der Waals surface area contributed by atoms with E-state index in [9.17, 15) is 28.1 Å². The van der Waals surface area contributed by atoms with Crippen LogP contribution in [-0.4, -0.2) is 55.8 Å². The van der Waals surface area contributed by atoms with Gasteiger partial charge in [0.25, 0.3) is 15.7 Å². The largest absolute Gasteiger partial charge is 0.495 e. The van der Waals surface area contributed by atoms with Crippen LogP contribution in [0.1, 0.15) is 48.8 Å². The highest BCUT2D eigenvalue weighted by Gasteiger charge is 2.37. The van der Waals surface area contributed by atoms with Gasteiger partial charge in [0.15, 0.2) is 0 Å². The standard InChI is InChI=1S/C38H39Cl3N4O7S/c1-25-13-17-31(22-33(25)45(48)49)53(50,51)44(34-21-29(40)16-18-36(34)52-2)24-37(46)43(23-27-14-15-28(39)20-32(27)41)35(19-26-9-5-3-6-10-26)38(47)42-30-11-7-4-8-12-30/h3,5-6,9-10,13-18,20-22,30,35H,4,7-8,11-12,19,23-24H2,1-2H3,(H,42,47). The molecule has 11 nitrogen and oxygen atoms in total. The summed E-state index contributed by atoms with van der Waals surface area (Å²) in [6.45, 7) is 0.468. The van der Waals surface area contributed by atoms with E-state index in [-0.39, 0.29) is 46.1 Å². The predicted molar refractivity (Wildman–Crippen MR) is 206 cm³/mol. The van der Waals surface area contributed by atoms with Gasteiger partial charge in [-0.25, -0.2) is 8.42 Å². The molecule has 0 aliphatic heterocycles. The molecule has 0 heterocycles. The van der Waals surface area contributed by atoms with E-state index in [0.717, 1.165) is 48.0 Å². The zero-order valence-electron chi connectivity index (χ0n) is 29.1. The summed E-state index contributed by atoms with van der Waals surface area (Å²) in [4.78, 5) is 41.3. The monoisotopic (exact) mass is 800 g/mol. The van der Waals surface area contributed by atoms with Crippen LogP contribution >= 0.6 is 34.8 Å². The van der Waals surface area contributed by atoms with Crippen LogP contribution in [0.5, 0.6) is 5.75 Å². The summed E-state index contributed by atoms with van der Waals surface area (Å²) < 4.78 is 35.5. The van der Waals surface area contributed by atoms with Gasteiger partial charge in [0.1, 0.15) is 18.3 Å². The van der Waals surface area contributed by atoms with Crippen molar-refractivity contribution in [2.24, 2.45) is 0 Å². The molecule has 2 amide bonds. The van der Waals surface area contributed by atoms with Crippen molar-refractivity contribution < 1.29 is 27.7 Å². The number of aryl methyl sites for hydroxylation is 1. The van der Waals surface area contributed by atoms with Gasteiger partial charge in [0.2, 0.25) is 11.8 Å². The molecule has 1 aliphatic rings. The molecule has 15 heteroatoms. The number of nitro groups is 1. The highest BCUT2D eigenvalue weighted by Crippen LogP contribution is 2.36. The average Bonchev–Trinajstić information content (AvgIpc) is 3.13. The number of hydrogen-bond donors (Lipinski definition) is 1. The molecular formula is C38H39Cl3N4O7S. The molecule has 1 saturated carbocycles. The lowest BCUT2D eigenvalue weighted by Gasteiger charge is -2.35. The Balaban J connectivity index is 1.65. The molecule has 4 aromatic rings. The Hall–Kier alpha value is -4.36. The summed E-state index contributed by atoms with van der Waals surface area (Å²) in [5.41, 5.74) is 0.973. The number of halogens is 3. The van der Waals surface area contributed by atoms with Crippen molar-refractivity contribution in [1.29, 1.82) is 0 Å². The molecule has 53 heavy (non-hydrogen) atoms. The van der Waals surface area contributed by atoms with Crippen LogP contribution in [-0.2, 0) is 32.6 Å². The first-order valence-corrected chi connectivity index (χ1v) is 19.5. The topological polar surface area (TPSA) is 139 Å². The quantitative estimate of drug-likeness (QED) is 0.100. The number of ether oxygens (including phenoxy) is 1. The van der Waals surface area contributed by atoms with E-state index < -0.39 is 49.9 Å². The van der Waals surface area contributed by atoms with Gasteiger partial charge in [0, 0.05) is 45.7 Å². The van der Waals surface area contributed by atoms with E-state index in [4.69, 9.17) is 39.5 Å². The van der Waals surface area contributed by atoms with Gasteiger partial charge >= 0.3 is 0 Å². The number of carbonyl (C=O) groups excluding carboxylic acids is 2. The molecule has 1 fully saturated rings. The van der Waals surface area contributed by atoms with Crippen molar-refractivity contribution in [3.05, 3.63) is 127 Å². The van der Waals surface area contributed by atoms with Gasteiger partial charge in [-0.2, -0.15) is 0 Å². The summed E-state index contributed by atoms with van der Waals surface area (Å²) >= 11 is 19.2. The van der Waals surface area contributed by atoms with Gasteiger partial charge in [-0.15, -0.1) is 0 Å². The first kappa shape index (κ1) is 39.8. The van der Waals surface area contributed by atoms with Crippen LogP contribution in [0, 0.1) is 17.0 Å². The first-order chi connectivity index (χ1) is 25.3. The van der Waals surface area contributed by atoms with Crippen LogP contribution in [0.2, 0.25) is 15.1 Å². The van der Waals surface area contributed by atoms with Crippen LogP contribution in [0.3, 0.4) is 0 Å². The fraction of sp³-hybridized carbons (Fsp3) is 0.316. The Kier molecular flexibility index (Phi) is 13.3. The van der Waals surface area contributed by atoms with Gasteiger partial charge in [-0.05, 0) is 67.3 Å². The van der Waals surface area contributed by atoms with Crippen LogP contribution in [0.15, 0.2) is 89.8 Å². The van der Waals surface area contributed by atoms with E-state index in [1.807, 2.05) is 30.3 Å². The number of benzene rings is 4. The normalized spacial score (nSPS) is 13.9. The Bertz CT molecular complexity index is 2080. The molecule has 4 aromatic carbocycles. The van der Waals surface area contributed by atoms with E-state index in [1.54, 1.807) is 12.1 Å². The third kappa shape index (κ3) is 9.80. The second-order valence-corrected chi connectivity index (χ2v) is 16.0. The van der Waals surface area contributed by atoms with Crippen LogP contribution < -0.4 is 14.4 Å². The molecule has 280 valence electrons. The Morgan fingerprint density at radius 2 is 1.62 bits per heavy atom. The number of hydrogen-bond acceptors (Lipinski definition) is 7. The summed E-state index contributed by atoms with van der Waals surface area (Å²) in [5, 5.41) is 15.8. The van der Waals surface area contributed by atoms with Gasteiger partial charge in [-0.3, -0.25) is 24.0 Å². The number of nitrogens with zero attached hydrogens (tertiary/aromatic N) is 3. The minimum Gasteiger partial charge on any atom is -0.495 e. The molecule has 1 unspecified atom stereocenters. The summed E-state index contributed by atoms with van der Waals surface area (Å²) in [6, 6.07) is 20.5. The van der Waals surface area contributed by atoms with E-state index >= 15 is 0 Å². The third-order valence-electron chi connectivity index (χ3n) is 9.23. The number of carbonyl (C=O) groups is 2. The maximum Gasteiger partial charge on any atom is 0.273 e. The lowest BCUT2D eigenvalue weighted by atomic mass is 9.94. The fourth-order valence-electron chi connectivity index (χ4n) is 6.38. The number of nitro benzene ring substituents is 1. The number of methoxy groups -OCH3 is 1. The zero-order valence-corrected chi connectivity index (χ0v) is 32.2. The van der Waals surface area contributed by atoms with Crippen LogP contribution in [0.4, 0.5) is 11.4 Å². The molecule has 1 N–H and O–H groups in total. The number of rotatable bonds is 14. The number of nitrogens with one attached hydrogen (secondary N) is 1. The Morgan fingerprint density at radius 1 is 0.943 bits per heavy atom. The predicted octanol–water partition coefficient (Wildman–Crippen LogP) is 8.16.